The Kier molecular flexibility index (Phi) is 4.78. The Hall–Kier alpha value is -1.30. The highest BCUT2D eigenvalue weighted by molar-refractivity contribution is 9.10. The fraction of sp³-hybridized carbons (Fsp3) is 0.667. The van der Waals surface area contributed by atoms with Crippen LogP contribution in [0.5, 0.6) is 5.75 Å². The lowest BCUT2D eigenvalue weighted by Gasteiger charge is -2.35. The first-order chi connectivity index (χ1) is 11.2. The predicted octanol–water partition coefficient (Wildman–Crippen LogP) is 3.10. The third-order valence-electron chi connectivity index (χ3n) is 5.07. The minimum atomic E-state index is -0.0771. The number of rotatable bonds is 3. The highest BCUT2D eigenvalue weighted by Gasteiger charge is 2.40. The molecule has 0 radical (unpaired) electrons. The zero-order chi connectivity index (χ0) is 17.5. The Labute approximate surface area is 151 Å². The number of carbonyl (C=O) groups is 1. The molecule has 5 nitrogen and oxygen atoms in total. The molecule has 1 amide bonds. The number of likely N-dealkylation sites (tertiary alicyclic amines) is 1. The molecule has 2 aliphatic rings. The minimum Gasteiger partial charge on any atom is -0.489 e. The first kappa shape index (κ1) is 17.5. The average molecular weight is 397 g/mol. The van der Waals surface area contributed by atoms with Crippen LogP contribution in [0, 0.1) is 5.41 Å². The molecule has 1 aromatic heterocycles. The number of ether oxygens (including phenoxy) is 1. The molecule has 0 bridgehead atoms. The lowest BCUT2D eigenvalue weighted by molar-refractivity contribution is -0.130. The molecule has 1 aliphatic heterocycles. The standard InChI is InChI=1S/C18H25BrN2O3/c1-18(2)9-17(23)21(11-18)12-4-6-13(7-5-12)24-15-8-16(22)20(3)10-14(15)19/h8,10,12-13H,4-7,9,11H2,1-3H3/t12-,13-. The van der Waals surface area contributed by atoms with E-state index in [4.69, 9.17) is 4.74 Å². The van der Waals surface area contributed by atoms with Crippen molar-refractivity contribution < 1.29 is 9.53 Å². The highest BCUT2D eigenvalue weighted by atomic mass is 79.9. The van der Waals surface area contributed by atoms with Gasteiger partial charge in [0, 0.05) is 38.3 Å². The number of pyridine rings is 1. The molecule has 1 saturated carbocycles. The van der Waals surface area contributed by atoms with Crippen molar-refractivity contribution in [3.63, 3.8) is 0 Å². The fourth-order valence-corrected chi connectivity index (χ4v) is 4.29. The molecule has 0 spiro atoms. The predicted molar refractivity (Wildman–Crippen MR) is 96.2 cm³/mol. The molecule has 2 heterocycles. The summed E-state index contributed by atoms with van der Waals surface area (Å²) in [7, 11) is 1.72. The van der Waals surface area contributed by atoms with Crippen molar-refractivity contribution in [3.8, 4) is 5.75 Å². The quantitative estimate of drug-likeness (QED) is 0.788. The monoisotopic (exact) mass is 396 g/mol. The Morgan fingerprint density at radius 3 is 2.46 bits per heavy atom. The van der Waals surface area contributed by atoms with Gasteiger partial charge in [0.1, 0.15) is 5.75 Å². The van der Waals surface area contributed by atoms with Crippen molar-refractivity contribution in [2.45, 2.75) is 58.1 Å². The highest BCUT2D eigenvalue weighted by Crippen LogP contribution is 2.36. The zero-order valence-corrected chi connectivity index (χ0v) is 16.1. The summed E-state index contributed by atoms with van der Waals surface area (Å²) in [6.07, 6.45) is 6.25. The van der Waals surface area contributed by atoms with E-state index in [1.807, 2.05) is 0 Å². The van der Waals surface area contributed by atoms with E-state index < -0.39 is 0 Å². The number of aryl methyl sites for hydroxylation is 1. The molecule has 24 heavy (non-hydrogen) atoms. The van der Waals surface area contributed by atoms with Crippen molar-refractivity contribution in [1.29, 1.82) is 0 Å². The zero-order valence-electron chi connectivity index (χ0n) is 14.5. The summed E-state index contributed by atoms with van der Waals surface area (Å²) in [5.74, 6) is 0.901. The van der Waals surface area contributed by atoms with E-state index >= 15 is 0 Å². The molecule has 0 aromatic carbocycles. The number of hydrogen-bond donors (Lipinski definition) is 0. The molecule has 0 unspecified atom stereocenters. The second kappa shape index (κ2) is 6.54. The van der Waals surface area contributed by atoms with E-state index in [1.54, 1.807) is 13.2 Å². The van der Waals surface area contributed by atoms with Crippen molar-refractivity contribution >= 4 is 21.8 Å². The molecule has 6 heteroatoms. The van der Waals surface area contributed by atoms with Gasteiger partial charge in [0.15, 0.2) is 0 Å². The Morgan fingerprint density at radius 1 is 1.21 bits per heavy atom. The average Bonchev–Trinajstić information content (AvgIpc) is 2.78. The van der Waals surface area contributed by atoms with Gasteiger partial charge in [-0.25, -0.2) is 0 Å². The van der Waals surface area contributed by atoms with Gasteiger partial charge in [-0.05, 0) is 47.0 Å². The molecule has 2 fully saturated rings. The first-order valence-corrected chi connectivity index (χ1v) is 9.37. The van der Waals surface area contributed by atoms with E-state index in [9.17, 15) is 9.59 Å². The third kappa shape index (κ3) is 3.68. The molecule has 3 rings (SSSR count). The first-order valence-electron chi connectivity index (χ1n) is 8.57. The van der Waals surface area contributed by atoms with Gasteiger partial charge in [-0.1, -0.05) is 13.8 Å². The third-order valence-corrected chi connectivity index (χ3v) is 5.67. The summed E-state index contributed by atoms with van der Waals surface area (Å²) in [6, 6.07) is 1.87. The van der Waals surface area contributed by atoms with Crippen LogP contribution in [-0.2, 0) is 11.8 Å². The minimum absolute atomic E-state index is 0.0771. The summed E-state index contributed by atoms with van der Waals surface area (Å²) >= 11 is 3.46. The molecule has 0 atom stereocenters. The van der Waals surface area contributed by atoms with Crippen LogP contribution in [0.25, 0.3) is 0 Å². The van der Waals surface area contributed by atoms with E-state index in [0.29, 0.717) is 24.1 Å². The SMILES string of the molecule is Cn1cc(Br)c(O[C@H]2CC[C@H](N3CC(C)(C)CC3=O)CC2)cc1=O. The summed E-state index contributed by atoms with van der Waals surface area (Å²) in [5, 5.41) is 0. The lowest BCUT2D eigenvalue weighted by Crippen LogP contribution is -2.41. The summed E-state index contributed by atoms with van der Waals surface area (Å²) in [5.41, 5.74) is 0.0196. The lowest BCUT2D eigenvalue weighted by atomic mass is 9.91. The fourth-order valence-electron chi connectivity index (χ4n) is 3.77. The summed E-state index contributed by atoms with van der Waals surface area (Å²) in [6.45, 7) is 5.18. The van der Waals surface area contributed by atoms with E-state index in [-0.39, 0.29) is 17.1 Å². The van der Waals surface area contributed by atoms with E-state index in [1.165, 1.54) is 10.6 Å². The molecule has 0 N–H and O–H groups in total. The van der Waals surface area contributed by atoms with Crippen molar-refractivity contribution in [2.24, 2.45) is 12.5 Å². The Bertz CT molecular complexity index is 690. The second-order valence-electron chi connectivity index (χ2n) is 7.85. The largest absolute Gasteiger partial charge is 0.489 e. The number of nitrogens with zero attached hydrogens (tertiary/aromatic N) is 2. The van der Waals surface area contributed by atoms with Gasteiger partial charge in [-0.2, -0.15) is 0 Å². The molecular weight excluding hydrogens is 372 g/mol. The number of carbonyl (C=O) groups excluding carboxylic acids is 1. The second-order valence-corrected chi connectivity index (χ2v) is 8.70. The molecule has 132 valence electrons. The van der Waals surface area contributed by atoms with Crippen LogP contribution in [0.15, 0.2) is 21.5 Å². The smallest absolute Gasteiger partial charge is 0.254 e. The van der Waals surface area contributed by atoms with Crippen molar-refractivity contribution in [2.75, 3.05) is 6.54 Å². The Balaban J connectivity index is 1.59. The van der Waals surface area contributed by atoms with Gasteiger partial charge in [0.2, 0.25) is 5.91 Å². The van der Waals surface area contributed by atoms with Crippen LogP contribution in [0.4, 0.5) is 0 Å². The number of amides is 1. The van der Waals surface area contributed by atoms with Crippen LogP contribution < -0.4 is 10.3 Å². The van der Waals surface area contributed by atoms with Gasteiger partial charge in [-0.3, -0.25) is 9.59 Å². The maximum atomic E-state index is 12.2. The van der Waals surface area contributed by atoms with Gasteiger partial charge in [0.05, 0.1) is 10.6 Å². The van der Waals surface area contributed by atoms with Crippen LogP contribution >= 0.6 is 15.9 Å². The molecule has 1 aliphatic carbocycles. The summed E-state index contributed by atoms with van der Waals surface area (Å²) < 4.78 is 8.35. The van der Waals surface area contributed by atoms with Crippen molar-refractivity contribution in [3.05, 3.63) is 27.1 Å². The van der Waals surface area contributed by atoms with Crippen LogP contribution in [0.3, 0.4) is 0 Å². The van der Waals surface area contributed by atoms with E-state index in [2.05, 4.69) is 34.7 Å². The maximum absolute atomic E-state index is 12.2. The number of aromatic nitrogens is 1. The Morgan fingerprint density at radius 2 is 1.88 bits per heavy atom. The van der Waals surface area contributed by atoms with Gasteiger partial charge >= 0.3 is 0 Å². The van der Waals surface area contributed by atoms with Crippen LogP contribution in [-0.4, -0.2) is 34.1 Å². The molecule has 1 aromatic rings. The van der Waals surface area contributed by atoms with Gasteiger partial charge in [0.25, 0.3) is 5.56 Å². The molecule has 1 saturated heterocycles. The van der Waals surface area contributed by atoms with Crippen molar-refractivity contribution in [1.82, 2.24) is 9.47 Å². The summed E-state index contributed by atoms with van der Waals surface area (Å²) in [4.78, 5) is 26.1. The number of hydrogen-bond acceptors (Lipinski definition) is 3. The topological polar surface area (TPSA) is 51.5 Å². The van der Waals surface area contributed by atoms with Gasteiger partial charge in [-0.15, -0.1) is 0 Å². The van der Waals surface area contributed by atoms with E-state index in [0.717, 1.165) is 36.7 Å². The van der Waals surface area contributed by atoms with Crippen LogP contribution in [0.1, 0.15) is 46.0 Å². The normalized spacial score (nSPS) is 26.7. The molecular formula is C18H25BrN2O3. The van der Waals surface area contributed by atoms with Gasteiger partial charge < -0.3 is 14.2 Å². The van der Waals surface area contributed by atoms with Crippen LogP contribution in [0.2, 0.25) is 0 Å². The maximum Gasteiger partial charge on any atom is 0.254 e. The number of halogens is 1.